The summed E-state index contributed by atoms with van der Waals surface area (Å²) in [6, 6.07) is 17.0. The van der Waals surface area contributed by atoms with E-state index in [1.807, 2.05) is 47.4 Å². The third-order valence-corrected chi connectivity index (χ3v) is 5.10. The van der Waals surface area contributed by atoms with Crippen molar-refractivity contribution in [3.8, 4) is 0 Å². The van der Waals surface area contributed by atoms with Gasteiger partial charge in [0.2, 0.25) is 5.91 Å². The van der Waals surface area contributed by atoms with E-state index in [0.29, 0.717) is 24.1 Å². The molecule has 0 unspecified atom stereocenters. The summed E-state index contributed by atoms with van der Waals surface area (Å²) < 4.78 is 0. The van der Waals surface area contributed by atoms with Gasteiger partial charge in [-0.3, -0.25) is 9.59 Å². The van der Waals surface area contributed by atoms with Crippen LogP contribution in [0.25, 0.3) is 0 Å². The molecule has 0 aromatic heterocycles. The number of piperazine rings is 1. The number of nitrogens with zero attached hydrogens (tertiary/aromatic N) is 2. The van der Waals surface area contributed by atoms with E-state index in [2.05, 4.69) is 22.6 Å². The number of hydrogen-bond donors (Lipinski definition) is 2. The van der Waals surface area contributed by atoms with Gasteiger partial charge in [-0.1, -0.05) is 36.4 Å². The Hall–Kier alpha value is -2.77. The van der Waals surface area contributed by atoms with Gasteiger partial charge in [0.15, 0.2) is 5.11 Å². The zero-order valence-electron chi connectivity index (χ0n) is 16.6. The summed E-state index contributed by atoms with van der Waals surface area (Å²) in [6.45, 7) is 3.21. The van der Waals surface area contributed by atoms with Crippen LogP contribution in [0.1, 0.15) is 22.3 Å². The highest BCUT2D eigenvalue weighted by Crippen LogP contribution is 2.14. The van der Waals surface area contributed by atoms with Crippen molar-refractivity contribution >= 4 is 34.8 Å². The minimum Gasteiger partial charge on any atom is -0.336 e. The van der Waals surface area contributed by atoms with Crippen molar-refractivity contribution in [2.24, 2.45) is 0 Å². The highest BCUT2D eigenvalue weighted by molar-refractivity contribution is 7.80. The number of rotatable bonds is 5. The van der Waals surface area contributed by atoms with Crippen LogP contribution in [0.2, 0.25) is 0 Å². The van der Waals surface area contributed by atoms with E-state index in [1.165, 1.54) is 0 Å². The number of thiocarbonyl (C=S) groups is 1. The second-order valence-corrected chi connectivity index (χ2v) is 7.57. The van der Waals surface area contributed by atoms with Crippen LogP contribution in [0.15, 0.2) is 54.6 Å². The molecule has 152 valence electrons. The van der Waals surface area contributed by atoms with Crippen LogP contribution in [0, 0.1) is 0 Å². The Kier molecular flexibility index (Phi) is 7.32. The number of likely N-dealkylation sites (N-methyl/N-ethyl adjacent to an activating group) is 1. The molecule has 7 heteroatoms. The molecule has 0 saturated carbocycles. The first-order chi connectivity index (χ1) is 14.0. The molecule has 0 aliphatic carbocycles. The van der Waals surface area contributed by atoms with Crippen LogP contribution in [-0.4, -0.2) is 60.0 Å². The van der Waals surface area contributed by atoms with E-state index in [4.69, 9.17) is 12.2 Å². The standard InChI is InChI=1S/C22H26N4O2S/c1-25-12-14-26(15-13-25)21(28)18-8-5-9-19(16-18)23-22(29)24-20(27)11-10-17-6-3-2-4-7-17/h2-9,16H,10-15H2,1H3,(H2,23,24,27,29). The average Bonchev–Trinajstić information content (AvgIpc) is 2.73. The Morgan fingerprint density at radius 2 is 1.72 bits per heavy atom. The molecular weight excluding hydrogens is 384 g/mol. The minimum atomic E-state index is -0.143. The summed E-state index contributed by atoms with van der Waals surface area (Å²) in [5.41, 5.74) is 2.40. The van der Waals surface area contributed by atoms with Crippen molar-refractivity contribution in [3.63, 3.8) is 0 Å². The van der Waals surface area contributed by atoms with Crippen LogP contribution in [0.4, 0.5) is 5.69 Å². The van der Waals surface area contributed by atoms with Gasteiger partial charge >= 0.3 is 0 Å². The number of carbonyl (C=O) groups excluding carboxylic acids is 2. The molecule has 2 N–H and O–H groups in total. The summed E-state index contributed by atoms with van der Waals surface area (Å²) >= 11 is 5.25. The largest absolute Gasteiger partial charge is 0.336 e. The lowest BCUT2D eigenvalue weighted by molar-refractivity contribution is -0.119. The zero-order valence-corrected chi connectivity index (χ0v) is 17.4. The molecule has 1 heterocycles. The van der Waals surface area contributed by atoms with Crippen LogP contribution in [0.3, 0.4) is 0 Å². The molecule has 1 aliphatic heterocycles. The summed E-state index contributed by atoms with van der Waals surface area (Å²) in [5.74, 6) is -0.129. The van der Waals surface area contributed by atoms with E-state index in [-0.39, 0.29) is 16.9 Å². The fraction of sp³-hybridized carbons (Fsp3) is 0.318. The van der Waals surface area contributed by atoms with Crippen LogP contribution in [0.5, 0.6) is 0 Å². The van der Waals surface area contributed by atoms with Gasteiger partial charge in [-0.25, -0.2) is 0 Å². The molecule has 0 bridgehead atoms. The maximum absolute atomic E-state index is 12.7. The lowest BCUT2D eigenvalue weighted by Crippen LogP contribution is -2.47. The SMILES string of the molecule is CN1CCN(C(=O)c2cccc(NC(=S)NC(=O)CCc3ccccc3)c2)CC1. The number of benzene rings is 2. The zero-order chi connectivity index (χ0) is 20.6. The molecule has 2 amide bonds. The highest BCUT2D eigenvalue weighted by Gasteiger charge is 2.20. The maximum Gasteiger partial charge on any atom is 0.254 e. The highest BCUT2D eigenvalue weighted by atomic mass is 32.1. The van der Waals surface area contributed by atoms with Gasteiger partial charge < -0.3 is 20.4 Å². The van der Waals surface area contributed by atoms with Gasteiger partial charge in [0.1, 0.15) is 0 Å². The molecule has 29 heavy (non-hydrogen) atoms. The Labute approximate surface area is 176 Å². The fourth-order valence-corrected chi connectivity index (χ4v) is 3.41. The normalized spacial score (nSPS) is 14.3. The summed E-state index contributed by atoms with van der Waals surface area (Å²) in [6.07, 6.45) is 1.01. The van der Waals surface area contributed by atoms with Crippen molar-refractivity contribution in [2.75, 3.05) is 38.5 Å². The van der Waals surface area contributed by atoms with E-state index >= 15 is 0 Å². The van der Waals surface area contributed by atoms with Crippen molar-refractivity contribution in [3.05, 3.63) is 65.7 Å². The minimum absolute atomic E-state index is 0.0135. The lowest BCUT2D eigenvalue weighted by Gasteiger charge is -2.32. The van der Waals surface area contributed by atoms with Crippen molar-refractivity contribution in [2.45, 2.75) is 12.8 Å². The predicted molar refractivity (Wildman–Crippen MR) is 119 cm³/mol. The van der Waals surface area contributed by atoms with Gasteiger partial charge in [0.05, 0.1) is 0 Å². The number of hydrogen-bond acceptors (Lipinski definition) is 4. The van der Waals surface area contributed by atoms with Crippen LogP contribution < -0.4 is 10.6 Å². The first-order valence-corrected chi connectivity index (χ1v) is 10.1. The molecular formula is C22H26N4O2S. The summed E-state index contributed by atoms with van der Waals surface area (Å²) in [7, 11) is 2.06. The van der Waals surface area contributed by atoms with E-state index in [0.717, 1.165) is 31.7 Å². The van der Waals surface area contributed by atoms with Gasteiger partial charge in [-0.15, -0.1) is 0 Å². The first kappa shape index (κ1) is 21.0. The number of carbonyl (C=O) groups is 2. The summed E-state index contributed by atoms with van der Waals surface area (Å²) in [5, 5.41) is 5.92. The third-order valence-electron chi connectivity index (χ3n) is 4.89. The molecule has 1 saturated heterocycles. The molecule has 1 aliphatic rings. The number of amides is 2. The number of anilines is 1. The topological polar surface area (TPSA) is 64.7 Å². The molecule has 0 radical (unpaired) electrons. The Bertz CT molecular complexity index is 864. The van der Waals surface area contributed by atoms with Crippen LogP contribution in [-0.2, 0) is 11.2 Å². The molecule has 3 rings (SSSR count). The Balaban J connectivity index is 1.50. The first-order valence-electron chi connectivity index (χ1n) is 9.74. The van der Waals surface area contributed by atoms with Crippen molar-refractivity contribution < 1.29 is 9.59 Å². The number of aryl methyl sites for hydroxylation is 1. The molecule has 0 spiro atoms. The quantitative estimate of drug-likeness (QED) is 0.742. The van der Waals surface area contributed by atoms with Gasteiger partial charge in [-0.05, 0) is 49.4 Å². The van der Waals surface area contributed by atoms with Crippen LogP contribution >= 0.6 is 12.2 Å². The Morgan fingerprint density at radius 3 is 2.45 bits per heavy atom. The lowest BCUT2D eigenvalue weighted by atomic mass is 10.1. The van der Waals surface area contributed by atoms with Gasteiger partial charge in [0, 0.05) is 43.9 Å². The molecule has 0 atom stereocenters. The monoisotopic (exact) mass is 410 g/mol. The molecule has 2 aromatic carbocycles. The van der Waals surface area contributed by atoms with Crippen molar-refractivity contribution in [1.29, 1.82) is 0 Å². The average molecular weight is 411 g/mol. The Morgan fingerprint density at radius 1 is 1.00 bits per heavy atom. The van der Waals surface area contributed by atoms with E-state index in [9.17, 15) is 9.59 Å². The smallest absolute Gasteiger partial charge is 0.254 e. The third kappa shape index (κ3) is 6.37. The molecule has 2 aromatic rings. The second kappa shape index (κ2) is 10.1. The molecule has 6 nitrogen and oxygen atoms in total. The van der Waals surface area contributed by atoms with E-state index < -0.39 is 0 Å². The number of nitrogens with one attached hydrogen (secondary N) is 2. The predicted octanol–water partition coefficient (Wildman–Crippen LogP) is 2.52. The molecule has 1 fully saturated rings. The van der Waals surface area contributed by atoms with E-state index in [1.54, 1.807) is 12.1 Å². The summed E-state index contributed by atoms with van der Waals surface area (Å²) in [4.78, 5) is 28.9. The second-order valence-electron chi connectivity index (χ2n) is 7.16. The fourth-order valence-electron chi connectivity index (χ4n) is 3.18. The maximum atomic E-state index is 12.7. The van der Waals surface area contributed by atoms with Gasteiger partial charge in [-0.2, -0.15) is 0 Å². The van der Waals surface area contributed by atoms with Gasteiger partial charge in [0.25, 0.3) is 5.91 Å². The van der Waals surface area contributed by atoms with Crippen molar-refractivity contribution in [1.82, 2.24) is 15.1 Å².